The summed E-state index contributed by atoms with van der Waals surface area (Å²) in [6, 6.07) is 56.1. The third-order valence-electron chi connectivity index (χ3n) is 9.35. The maximum atomic E-state index is 2.47. The first-order chi connectivity index (χ1) is 24.2. The number of allylic oxidation sites excluding steroid dienone is 4. The molecule has 0 N–H and O–H groups in total. The average Bonchev–Trinajstić information content (AvgIpc) is 3.66. The molecule has 0 heterocycles. The van der Waals surface area contributed by atoms with Gasteiger partial charge in [-0.2, -0.15) is 0 Å². The summed E-state index contributed by atoms with van der Waals surface area (Å²) in [7, 11) is 0. The Morgan fingerprint density at radius 3 is 1.16 bits per heavy atom. The Morgan fingerprint density at radius 1 is 0.408 bits per heavy atom. The van der Waals surface area contributed by atoms with Crippen LogP contribution in [0, 0.1) is 0 Å². The molecule has 0 aliphatic heterocycles. The molecule has 1 heteroatoms. The van der Waals surface area contributed by atoms with Crippen LogP contribution >= 0.6 is 0 Å². The molecular formula is C48H40Zr. The molecule has 0 bridgehead atoms. The predicted octanol–water partition coefficient (Wildman–Crippen LogP) is 13.1. The third-order valence-corrected chi connectivity index (χ3v) is 14.8. The van der Waals surface area contributed by atoms with Crippen LogP contribution in [0.2, 0.25) is 0 Å². The number of hydrogen-bond donors (Lipinski definition) is 0. The summed E-state index contributed by atoms with van der Waals surface area (Å²) >= 11 is -0.835. The van der Waals surface area contributed by atoms with Crippen molar-refractivity contribution in [1.82, 2.24) is 0 Å². The van der Waals surface area contributed by atoms with Gasteiger partial charge < -0.3 is 0 Å². The summed E-state index contributed by atoms with van der Waals surface area (Å²) in [4.78, 5) is 0. The maximum absolute atomic E-state index is 2.47. The molecule has 2 unspecified atom stereocenters. The zero-order valence-electron chi connectivity index (χ0n) is 28.1. The van der Waals surface area contributed by atoms with Gasteiger partial charge in [0.25, 0.3) is 0 Å². The van der Waals surface area contributed by atoms with Crippen LogP contribution in [0.1, 0.15) is 54.5 Å². The Balaban J connectivity index is 0.000000199. The molecule has 2 aliphatic rings. The van der Waals surface area contributed by atoms with Crippen LogP contribution in [-0.2, 0) is 23.2 Å². The Morgan fingerprint density at radius 2 is 0.776 bits per heavy atom. The van der Waals surface area contributed by atoms with E-state index in [0.29, 0.717) is 7.25 Å². The van der Waals surface area contributed by atoms with Crippen molar-refractivity contribution in [2.24, 2.45) is 0 Å². The predicted molar refractivity (Wildman–Crippen MR) is 207 cm³/mol. The quantitative estimate of drug-likeness (QED) is 0.145. The van der Waals surface area contributed by atoms with E-state index in [0.717, 1.165) is 0 Å². The van der Waals surface area contributed by atoms with Crippen LogP contribution < -0.4 is 0 Å². The van der Waals surface area contributed by atoms with Crippen LogP contribution in [0.15, 0.2) is 181 Å². The Hall–Kier alpha value is -4.84. The van der Waals surface area contributed by atoms with Crippen molar-refractivity contribution >= 4 is 24.3 Å². The summed E-state index contributed by atoms with van der Waals surface area (Å²) in [5.41, 5.74) is 17.0. The van der Waals surface area contributed by atoms with E-state index in [9.17, 15) is 0 Å². The Bertz CT molecular complexity index is 1980. The van der Waals surface area contributed by atoms with E-state index in [1.165, 1.54) is 44.5 Å². The summed E-state index contributed by atoms with van der Waals surface area (Å²) < 4.78 is 1.26. The molecule has 2 atom stereocenters. The number of rotatable bonds is 7. The molecule has 0 saturated heterocycles. The molecule has 0 spiro atoms. The van der Waals surface area contributed by atoms with Crippen molar-refractivity contribution in [1.29, 1.82) is 0 Å². The van der Waals surface area contributed by atoms with E-state index in [1.54, 1.807) is 22.3 Å². The fourth-order valence-electron chi connectivity index (χ4n) is 6.91. The molecule has 0 amide bonds. The van der Waals surface area contributed by atoms with Crippen molar-refractivity contribution in [3.05, 3.63) is 214 Å². The molecule has 2 aliphatic carbocycles. The van der Waals surface area contributed by atoms with Crippen LogP contribution in [0.3, 0.4) is 0 Å². The molecule has 6 aromatic rings. The van der Waals surface area contributed by atoms with Crippen molar-refractivity contribution in [2.75, 3.05) is 0 Å². The van der Waals surface area contributed by atoms with Gasteiger partial charge in [0.1, 0.15) is 0 Å². The minimum atomic E-state index is -0.835. The molecule has 49 heavy (non-hydrogen) atoms. The van der Waals surface area contributed by atoms with Crippen molar-refractivity contribution in [3.8, 4) is 22.3 Å². The van der Waals surface area contributed by atoms with Crippen molar-refractivity contribution < 1.29 is 23.2 Å². The van der Waals surface area contributed by atoms with Gasteiger partial charge in [0.15, 0.2) is 0 Å². The fraction of sp³-hybridized carbons (Fsp3) is 0.0833. The van der Waals surface area contributed by atoms with Crippen LogP contribution in [-0.4, -0.2) is 0 Å². The Labute approximate surface area is 303 Å². The topological polar surface area (TPSA) is 0 Å². The zero-order valence-corrected chi connectivity index (χ0v) is 30.6. The standard InChI is InChI=1S/2C16H13.C16H14.Zr/c2*1-12-10-14-8-5-9-15(16(14)11-12)13-6-3-2-4-7-13;1-3-9-15(10-4-1)13-7-8-14-16-11-5-2-6-12-16;/h2*2-11H,1H3;1-14H;/b;;13-7+,14-8+;. The van der Waals surface area contributed by atoms with E-state index in [4.69, 9.17) is 0 Å². The van der Waals surface area contributed by atoms with E-state index in [1.807, 2.05) is 36.4 Å². The number of hydrogen-bond acceptors (Lipinski definition) is 0. The van der Waals surface area contributed by atoms with Crippen LogP contribution in [0.5, 0.6) is 0 Å². The zero-order chi connectivity index (χ0) is 33.4. The van der Waals surface area contributed by atoms with Crippen LogP contribution in [0.25, 0.3) is 46.6 Å². The molecule has 236 valence electrons. The molecule has 8 rings (SSSR count). The monoisotopic (exact) mass is 706 g/mol. The van der Waals surface area contributed by atoms with Crippen molar-refractivity contribution in [2.45, 2.75) is 21.1 Å². The van der Waals surface area contributed by atoms with Crippen molar-refractivity contribution in [3.63, 3.8) is 0 Å². The normalized spacial score (nSPS) is 16.0. The van der Waals surface area contributed by atoms with E-state index < -0.39 is 23.2 Å². The first-order valence-corrected chi connectivity index (χ1v) is 19.9. The summed E-state index contributed by atoms with van der Waals surface area (Å²) in [5, 5.41) is 0. The third kappa shape index (κ3) is 7.59. The average molecular weight is 708 g/mol. The number of benzene rings is 6. The molecule has 0 saturated carbocycles. The first kappa shape index (κ1) is 32.7. The SMILES string of the molecule is C(/C=C/c1ccccc1)=C\c1ccccc1.CC1=Cc2c(-c3ccccc3)cccc2[CH]1[Zr][CH]1C(C)=Cc2c(-c3ccccc3)cccc21. The summed E-state index contributed by atoms with van der Waals surface area (Å²) in [6.07, 6.45) is 13.3. The van der Waals surface area contributed by atoms with Gasteiger partial charge in [-0.1, -0.05) is 85.0 Å². The van der Waals surface area contributed by atoms with Gasteiger partial charge in [-0.05, 0) is 11.1 Å². The Kier molecular flexibility index (Phi) is 10.4. The van der Waals surface area contributed by atoms with E-state index >= 15 is 0 Å². The van der Waals surface area contributed by atoms with Gasteiger partial charge in [0.2, 0.25) is 0 Å². The molecular weight excluding hydrogens is 668 g/mol. The number of fused-ring (bicyclic) bond motifs is 2. The molecule has 0 fully saturated rings. The summed E-state index contributed by atoms with van der Waals surface area (Å²) in [6.45, 7) is 4.71. The van der Waals surface area contributed by atoms with Crippen LogP contribution in [0.4, 0.5) is 0 Å². The van der Waals surface area contributed by atoms with Gasteiger partial charge >= 0.3 is 209 Å². The summed E-state index contributed by atoms with van der Waals surface area (Å²) in [5.74, 6) is 0. The second kappa shape index (κ2) is 15.6. The van der Waals surface area contributed by atoms with Gasteiger partial charge in [-0.3, -0.25) is 0 Å². The van der Waals surface area contributed by atoms with E-state index in [2.05, 4.69) is 172 Å². The molecule has 0 radical (unpaired) electrons. The second-order valence-electron chi connectivity index (χ2n) is 12.7. The fourth-order valence-corrected chi connectivity index (χ4v) is 11.6. The molecule has 6 aromatic carbocycles. The van der Waals surface area contributed by atoms with Gasteiger partial charge in [0, 0.05) is 0 Å². The first-order valence-electron chi connectivity index (χ1n) is 17.1. The van der Waals surface area contributed by atoms with E-state index in [-0.39, 0.29) is 0 Å². The minimum absolute atomic E-state index is 0.631. The van der Waals surface area contributed by atoms with Gasteiger partial charge in [0.05, 0.1) is 0 Å². The molecule has 0 aromatic heterocycles. The second-order valence-corrected chi connectivity index (χ2v) is 16.4. The molecule has 0 nitrogen and oxygen atoms in total. The van der Waals surface area contributed by atoms with Gasteiger partial charge in [-0.15, -0.1) is 0 Å². The van der Waals surface area contributed by atoms with Gasteiger partial charge in [-0.25, -0.2) is 0 Å².